The fourth-order valence-corrected chi connectivity index (χ4v) is 2.34. The van der Waals surface area contributed by atoms with E-state index in [4.69, 9.17) is 9.47 Å². The Hall–Kier alpha value is -3.62. The summed E-state index contributed by atoms with van der Waals surface area (Å²) >= 11 is 0. The van der Waals surface area contributed by atoms with Crippen LogP contribution >= 0.6 is 0 Å². The van der Waals surface area contributed by atoms with E-state index in [-0.39, 0.29) is 23.9 Å². The van der Waals surface area contributed by atoms with Gasteiger partial charge in [0.15, 0.2) is 6.61 Å². The number of hydrogen-bond acceptors (Lipinski definition) is 6. The van der Waals surface area contributed by atoms with Gasteiger partial charge in [0.05, 0.1) is 17.6 Å². The number of nitrogens with one attached hydrogen (secondary N) is 2. The maximum absolute atomic E-state index is 12.2. The highest BCUT2D eigenvalue weighted by Gasteiger charge is 2.21. The Morgan fingerprint density at radius 3 is 2.37 bits per heavy atom. The molecule has 2 aromatic carbocycles. The maximum atomic E-state index is 12.2. The van der Waals surface area contributed by atoms with Crippen molar-refractivity contribution in [3.8, 4) is 11.5 Å². The third-order valence-electron chi connectivity index (χ3n) is 3.89. The predicted molar refractivity (Wildman–Crippen MR) is 113 cm³/mol. The van der Waals surface area contributed by atoms with Gasteiger partial charge in [0, 0.05) is 17.2 Å². The van der Waals surface area contributed by atoms with Crippen molar-refractivity contribution in [2.45, 2.75) is 27.7 Å². The quantitative estimate of drug-likeness (QED) is 0.497. The zero-order chi connectivity index (χ0) is 22.3. The second-order valence-corrected chi connectivity index (χ2v) is 7.44. The van der Waals surface area contributed by atoms with E-state index in [9.17, 15) is 19.7 Å². The van der Waals surface area contributed by atoms with E-state index < -0.39 is 16.2 Å². The number of rotatable bonds is 8. The molecule has 0 radical (unpaired) electrons. The second kappa shape index (κ2) is 9.73. The molecule has 0 heterocycles. The SMILES string of the molecule is CCOc1ccc(NC(=O)COc2cccc(NC(=O)C(C)(C)C)c2)c([N+](=O)[O-])c1. The normalized spacial score (nSPS) is 10.8. The van der Waals surface area contributed by atoms with Gasteiger partial charge in [-0.15, -0.1) is 0 Å². The largest absolute Gasteiger partial charge is 0.494 e. The van der Waals surface area contributed by atoms with E-state index in [1.165, 1.54) is 18.2 Å². The van der Waals surface area contributed by atoms with Gasteiger partial charge < -0.3 is 20.1 Å². The number of carbonyl (C=O) groups is 2. The van der Waals surface area contributed by atoms with Gasteiger partial charge in [-0.25, -0.2) is 0 Å². The Morgan fingerprint density at radius 1 is 1.03 bits per heavy atom. The fraction of sp³-hybridized carbons (Fsp3) is 0.333. The van der Waals surface area contributed by atoms with Crippen LogP contribution in [0, 0.1) is 15.5 Å². The number of nitrogens with zero attached hydrogens (tertiary/aromatic N) is 1. The second-order valence-electron chi connectivity index (χ2n) is 7.44. The maximum Gasteiger partial charge on any atom is 0.296 e. The number of nitro benzene ring substituents is 1. The number of hydrogen-bond donors (Lipinski definition) is 2. The Bertz CT molecular complexity index is 937. The Balaban J connectivity index is 2.01. The summed E-state index contributed by atoms with van der Waals surface area (Å²) in [6, 6.07) is 10.8. The van der Waals surface area contributed by atoms with Gasteiger partial charge in [-0.1, -0.05) is 26.8 Å². The fourth-order valence-electron chi connectivity index (χ4n) is 2.34. The van der Waals surface area contributed by atoms with Crippen LogP contribution in [0.2, 0.25) is 0 Å². The van der Waals surface area contributed by atoms with Gasteiger partial charge in [0.25, 0.3) is 11.6 Å². The van der Waals surface area contributed by atoms with Crippen molar-refractivity contribution < 1.29 is 24.0 Å². The summed E-state index contributed by atoms with van der Waals surface area (Å²) in [5.74, 6) is -0.00258. The van der Waals surface area contributed by atoms with E-state index in [0.29, 0.717) is 23.8 Å². The molecular weight excluding hydrogens is 390 g/mol. The van der Waals surface area contributed by atoms with E-state index in [1.54, 1.807) is 52.0 Å². The van der Waals surface area contributed by atoms with E-state index in [1.807, 2.05) is 0 Å². The Morgan fingerprint density at radius 2 is 1.73 bits per heavy atom. The summed E-state index contributed by atoms with van der Waals surface area (Å²) in [6.45, 7) is 7.17. The first-order valence-corrected chi connectivity index (χ1v) is 9.35. The minimum absolute atomic E-state index is 0.0447. The van der Waals surface area contributed by atoms with Crippen molar-refractivity contribution in [3.05, 3.63) is 52.6 Å². The molecule has 2 N–H and O–H groups in total. The molecule has 0 atom stereocenters. The summed E-state index contributed by atoms with van der Waals surface area (Å²) in [7, 11) is 0. The van der Waals surface area contributed by atoms with Gasteiger partial charge in [-0.05, 0) is 31.2 Å². The molecule has 0 aliphatic carbocycles. The van der Waals surface area contributed by atoms with E-state index in [2.05, 4.69) is 10.6 Å². The van der Waals surface area contributed by atoms with Crippen molar-refractivity contribution >= 4 is 28.9 Å². The lowest BCUT2D eigenvalue weighted by molar-refractivity contribution is -0.384. The smallest absolute Gasteiger partial charge is 0.296 e. The van der Waals surface area contributed by atoms with Crippen LogP contribution in [0.15, 0.2) is 42.5 Å². The predicted octanol–water partition coefficient (Wildman–Crippen LogP) is 4.00. The van der Waals surface area contributed by atoms with Crippen LogP contribution in [0.5, 0.6) is 11.5 Å². The van der Waals surface area contributed by atoms with Crippen LogP contribution in [-0.4, -0.2) is 30.0 Å². The molecule has 2 amide bonds. The van der Waals surface area contributed by atoms with Crippen molar-refractivity contribution in [2.75, 3.05) is 23.8 Å². The molecule has 0 bridgehead atoms. The van der Waals surface area contributed by atoms with Crippen molar-refractivity contribution in [3.63, 3.8) is 0 Å². The zero-order valence-electron chi connectivity index (χ0n) is 17.4. The minimum atomic E-state index is -0.597. The molecule has 0 unspecified atom stereocenters. The molecule has 2 rings (SSSR count). The van der Waals surface area contributed by atoms with Gasteiger partial charge in [0.2, 0.25) is 5.91 Å². The molecule has 160 valence electrons. The van der Waals surface area contributed by atoms with Crippen LogP contribution in [0.3, 0.4) is 0 Å². The molecule has 0 saturated carbocycles. The molecule has 0 aromatic heterocycles. The van der Waals surface area contributed by atoms with Crippen LogP contribution in [0.25, 0.3) is 0 Å². The first-order valence-electron chi connectivity index (χ1n) is 9.35. The monoisotopic (exact) mass is 415 g/mol. The van der Waals surface area contributed by atoms with Crippen LogP contribution in [0.1, 0.15) is 27.7 Å². The highest BCUT2D eigenvalue weighted by molar-refractivity contribution is 5.95. The lowest BCUT2D eigenvalue weighted by atomic mass is 9.95. The average molecular weight is 415 g/mol. The number of anilines is 2. The lowest BCUT2D eigenvalue weighted by Crippen LogP contribution is -2.27. The third-order valence-corrected chi connectivity index (χ3v) is 3.89. The van der Waals surface area contributed by atoms with Gasteiger partial charge in [-0.2, -0.15) is 0 Å². The number of carbonyl (C=O) groups excluding carboxylic acids is 2. The van der Waals surface area contributed by atoms with Crippen LogP contribution < -0.4 is 20.1 Å². The van der Waals surface area contributed by atoms with E-state index >= 15 is 0 Å². The highest BCUT2D eigenvalue weighted by Crippen LogP contribution is 2.29. The van der Waals surface area contributed by atoms with Gasteiger partial charge in [-0.3, -0.25) is 19.7 Å². The van der Waals surface area contributed by atoms with Gasteiger partial charge >= 0.3 is 0 Å². The minimum Gasteiger partial charge on any atom is -0.494 e. The molecular formula is C21H25N3O6. The number of ether oxygens (including phenoxy) is 2. The Kier molecular flexibility index (Phi) is 7.35. The Labute approximate surface area is 174 Å². The van der Waals surface area contributed by atoms with Crippen molar-refractivity contribution in [1.82, 2.24) is 0 Å². The summed E-state index contributed by atoms with van der Waals surface area (Å²) < 4.78 is 10.7. The molecule has 0 aliphatic heterocycles. The molecule has 2 aromatic rings. The molecule has 9 nitrogen and oxygen atoms in total. The first kappa shape index (κ1) is 22.7. The standard InChI is InChI=1S/C21H25N3O6/c1-5-29-16-9-10-17(18(12-16)24(27)28)23-19(25)13-30-15-8-6-7-14(11-15)22-20(26)21(2,3)4/h6-12H,5,13H2,1-4H3,(H,22,26)(H,23,25). The average Bonchev–Trinajstić information content (AvgIpc) is 2.67. The summed E-state index contributed by atoms with van der Waals surface area (Å²) in [4.78, 5) is 35.0. The summed E-state index contributed by atoms with van der Waals surface area (Å²) in [5, 5.41) is 16.5. The third kappa shape index (κ3) is 6.47. The van der Waals surface area contributed by atoms with Crippen LogP contribution in [-0.2, 0) is 9.59 Å². The lowest BCUT2D eigenvalue weighted by Gasteiger charge is -2.18. The molecule has 0 aliphatic rings. The number of nitro groups is 1. The van der Waals surface area contributed by atoms with Crippen molar-refractivity contribution in [1.29, 1.82) is 0 Å². The highest BCUT2D eigenvalue weighted by atomic mass is 16.6. The molecule has 0 fully saturated rings. The number of amides is 2. The molecule has 9 heteroatoms. The van der Waals surface area contributed by atoms with Gasteiger partial charge in [0.1, 0.15) is 17.2 Å². The summed E-state index contributed by atoms with van der Waals surface area (Å²) in [6.07, 6.45) is 0. The molecule has 30 heavy (non-hydrogen) atoms. The first-order chi connectivity index (χ1) is 14.1. The molecule has 0 spiro atoms. The van der Waals surface area contributed by atoms with Crippen molar-refractivity contribution in [2.24, 2.45) is 5.41 Å². The zero-order valence-corrected chi connectivity index (χ0v) is 17.4. The summed E-state index contributed by atoms with van der Waals surface area (Å²) in [5.41, 5.74) is -0.247. The topological polar surface area (TPSA) is 120 Å². The van der Waals surface area contributed by atoms with Crippen LogP contribution in [0.4, 0.5) is 17.1 Å². The van der Waals surface area contributed by atoms with E-state index in [0.717, 1.165) is 0 Å². The number of benzene rings is 2. The molecule has 0 saturated heterocycles.